The summed E-state index contributed by atoms with van der Waals surface area (Å²) in [5.41, 5.74) is 7.03. The SMILES string of the molecule is CC(N)Cn1ccc(-c2ccc(C#N)c(F)c2)n1. The van der Waals surface area contributed by atoms with Crippen LogP contribution in [0.2, 0.25) is 0 Å². The summed E-state index contributed by atoms with van der Waals surface area (Å²) in [5, 5.41) is 13.0. The van der Waals surface area contributed by atoms with E-state index in [1.807, 2.05) is 6.92 Å². The molecule has 0 amide bonds. The Morgan fingerprint density at radius 2 is 2.28 bits per heavy atom. The Hall–Kier alpha value is -2.19. The Morgan fingerprint density at radius 3 is 2.89 bits per heavy atom. The molecule has 1 atom stereocenters. The lowest BCUT2D eigenvalue weighted by Crippen LogP contribution is -2.22. The van der Waals surface area contributed by atoms with Crippen LogP contribution < -0.4 is 5.73 Å². The summed E-state index contributed by atoms with van der Waals surface area (Å²) < 4.78 is 15.2. The fourth-order valence-electron chi connectivity index (χ4n) is 1.68. The van der Waals surface area contributed by atoms with Crippen molar-refractivity contribution in [3.63, 3.8) is 0 Å². The van der Waals surface area contributed by atoms with E-state index in [9.17, 15) is 4.39 Å². The zero-order valence-electron chi connectivity index (χ0n) is 9.97. The van der Waals surface area contributed by atoms with Gasteiger partial charge in [-0.1, -0.05) is 6.07 Å². The molecular weight excluding hydrogens is 231 g/mol. The molecular formula is C13H13FN4. The van der Waals surface area contributed by atoms with Crippen LogP contribution in [0.15, 0.2) is 30.5 Å². The smallest absolute Gasteiger partial charge is 0.141 e. The minimum Gasteiger partial charge on any atom is -0.326 e. The van der Waals surface area contributed by atoms with E-state index >= 15 is 0 Å². The molecule has 1 aromatic heterocycles. The third-order valence-electron chi connectivity index (χ3n) is 2.50. The van der Waals surface area contributed by atoms with Gasteiger partial charge in [0.2, 0.25) is 0 Å². The van der Waals surface area contributed by atoms with Gasteiger partial charge >= 0.3 is 0 Å². The van der Waals surface area contributed by atoms with Crippen molar-refractivity contribution in [2.24, 2.45) is 5.73 Å². The van der Waals surface area contributed by atoms with Crippen LogP contribution in [0.3, 0.4) is 0 Å². The van der Waals surface area contributed by atoms with Crippen LogP contribution in [0.5, 0.6) is 0 Å². The van der Waals surface area contributed by atoms with E-state index in [1.165, 1.54) is 12.1 Å². The zero-order chi connectivity index (χ0) is 13.1. The monoisotopic (exact) mass is 244 g/mol. The van der Waals surface area contributed by atoms with Crippen molar-refractivity contribution in [3.8, 4) is 17.3 Å². The van der Waals surface area contributed by atoms with Gasteiger partial charge in [-0.3, -0.25) is 4.68 Å². The second kappa shape index (κ2) is 4.98. The predicted molar refractivity (Wildman–Crippen MR) is 66.0 cm³/mol. The molecule has 0 aliphatic heterocycles. The van der Waals surface area contributed by atoms with E-state index in [1.54, 1.807) is 29.1 Å². The van der Waals surface area contributed by atoms with Gasteiger partial charge in [-0.15, -0.1) is 0 Å². The molecule has 1 heterocycles. The van der Waals surface area contributed by atoms with Crippen molar-refractivity contribution in [1.29, 1.82) is 5.26 Å². The Balaban J connectivity index is 2.29. The number of nitrogens with zero attached hydrogens (tertiary/aromatic N) is 3. The molecule has 0 bridgehead atoms. The van der Waals surface area contributed by atoms with E-state index in [0.717, 1.165) is 0 Å². The summed E-state index contributed by atoms with van der Waals surface area (Å²) in [7, 11) is 0. The van der Waals surface area contributed by atoms with Crippen molar-refractivity contribution in [3.05, 3.63) is 41.8 Å². The molecule has 5 heteroatoms. The Bertz CT molecular complexity index is 595. The van der Waals surface area contributed by atoms with Gasteiger partial charge < -0.3 is 5.73 Å². The first-order valence-electron chi connectivity index (χ1n) is 5.59. The third-order valence-corrected chi connectivity index (χ3v) is 2.50. The maximum Gasteiger partial charge on any atom is 0.141 e. The lowest BCUT2D eigenvalue weighted by atomic mass is 10.1. The van der Waals surface area contributed by atoms with Crippen LogP contribution >= 0.6 is 0 Å². The normalized spacial score (nSPS) is 12.1. The first-order chi connectivity index (χ1) is 8.60. The fourth-order valence-corrected chi connectivity index (χ4v) is 1.68. The maximum atomic E-state index is 13.5. The molecule has 0 fully saturated rings. The molecule has 2 rings (SSSR count). The van der Waals surface area contributed by atoms with Crippen molar-refractivity contribution in [2.75, 3.05) is 0 Å². The number of hydrogen-bond acceptors (Lipinski definition) is 3. The molecule has 4 nitrogen and oxygen atoms in total. The molecule has 1 unspecified atom stereocenters. The van der Waals surface area contributed by atoms with Crippen LogP contribution in [0, 0.1) is 17.1 Å². The Kier molecular flexibility index (Phi) is 3.40. The van der Waals surface area contributed by atoms with E-state index in [4.69, 9.17) is 11.0 Å². The van der Waals surface area contributed by atoms with Crippen molar-refractivity contribution >= 4 is 0 Å². The summed E-state index contributed by atoms with van der Waals surface area (Å²) in [6.45, 7) is 2.50. The Labute approximate surface area is 104 Å². The van der Waals surface area contributed by atoms with Gasteiger partial charge in [0.1, 0.15) is 11.9 Å². The maximum absolute atomic E-state index is 13.5. The second-order valence-electron chi connectivity index (χ2n) is 4.21. The molecule has 18 heavy (non-hydrogen) atoms. The van der Waals surface area contributed by atoms with E-state index < -0.39 is 5.82 Å². The van der Waals surface area contributed by atoms with Crippen molar-refractivity contribution < 1.29 is 4.39 Å². The first-order valence-corrected chi connectivity index (χ1v) is 5.59. The number of rotatable bonds is 3. The van der Waals surface area contributed by atoms with E-state index in [2.05, 4.69) is 5.10 Å². The number of nitrogens with two attached hydrogens (primary N) is 1. The van der Waals surface area contributed by atoms with Gasteiger partial charge in [0, 0.05) is 17.8 Å². The second-order valence-corrected chi connectivity index (χ2v) is 4.21. The van der Waals surface area contributed by atoms with Crippen LogP contribution in [0.25, 0.3) is 11.3 Å². The van der Waals surface area contributed by atoms with Crippen molar-refractivity contribution in [2.45, 2.75) is 19.5 Å². The molecule has 0 spiro atoms. The van der Waals surface area contributed by atoms with Gasteiger partial charge in [0.15, 0.2) is 0 Å². The highest BCUT2D eigenvalue weighted by Gasteiger charge is 2.07. The van der Waals surface area contributed by atoms with Crippen LogP contribution in [-0.2, 0) is 6.54 Å². The number of nitriles is 1. The van der Waals surface area contributed by atoms with Crippen LogP contribution in [-0.4, -0.2) is 15.8 Å². The Morgan fingerprint density at radius 1 is 1.50 bits per heavy atom. The molecule has 1 aromatic carbocycles. The minimum atomic E-state index is -0.531. The highest BCUT2D eigenvalue weighted by molar-refractivity contribution is 5.60. The van der Waals surface area contributed by atoms with Crippen molar-refractivity contribution in [1.82, 2.24) is 9.78 Å². The van der Waals surface area contributed by atoms with Gasteiger partial charge in [-0.05, 0) is 25.1 Å². The molecule has 0 saturated carbocycles. The predicted octanol–water partition coefficient (Wildman–Crippen LogP) is 1.91. The fraction of sp³-hybridized carbons (Fsp3) is 0.231. The summed E-state index contributed by atoms with van der Waals surface area (Å²) in [6, 6.07) is 8.04. The number of aromatic nitrogens is 2. The lowest BCUT2D eigenvalue weighted by Gasteiger charge is -2.04. The summed E-state index contributed by atoms with van der Waals surface area (Å²) in [4.78, 5) is 0. The summed E-state index contributed by atoms with van der Waals surface area (Å²) >= 11 is 0. The molecule has 2 N–H and O–H groups in total. The van der Waals surface area contributed by atoms with Gasteiger partial charge in [-0.2, -0.15) is 10.4 Å². The number of benzene rings is 1. The summed E-state index contributed by atoms with van der Waals surface area (Å²) in [6.07, 6.45) is 1.80. The zero-order valence-corrected chi connectivity index (χ0v) is 9.97. The molecule has 92 valence electrons. The van der Waals surface area contributed by atoms with Gasteiger partial charge in [0.05, 0.1) is 17.8 Å². The van der Waals surface area contributed by atoms with Crippen LogP contribution in [0.4, 0.5) is 4.39 Å². The topological polar surface area (TPSA) is 67.6 Å². The molecule has 0 aliphatic rings. The highest BCUT2D eigenvalue weighted by Crippen LogP contribution is 2.19. The molecule has 2 aromatic rings. The van der Waals surface area contributed by atoms with Gasteiger partial charge in [-0.25, -0.2) is 4.39 Å². The quantitative estimate of drug-likeness (QED) is 0.896. The molecule has 0 aliphatic carbocycles. The third kappa shape index (κ3) is 2.55. The molecule has 0 radical (unpaired) electrons. The van der Waals surface area contributed by atoms with E-state index in [0.29, 0.717) is 17.8 Å². The largest absolute Gasteiger partial charge is 0.326 e. The standard InChI is InChI=1S/C13H13FN4/c1-9(16)8-18-5-4-13(17-18)10-2-3-11(7-15)12(14)6-10/h2-6,9H,8,16H2,1H3. The highest BCUT2D eigenvalue weighted by atomic mass is 19.1. The lowest BCUT2D eigenvalue weighted by molar-refractivity contribution is 0.540. The molecule has 0 saturated heterocycles. The van der Waals surface area contributed by atoms with E-state index in [-0.39, 0.29) is 11.6 Å². The summed E-state index contributed by atoms with van der Waals surface area (Å²) in [5.74, 6) is -0.531. The minimum absolute atomic E-state index is 0.00968. The average Bonchev–Trinajstić information content (AvgIpc) is 2.76. The first kappa shape index (κ1) is 12.3. The van der Waals surface area contributed by atoms with Gasteiger partial charge in [0.25, 0.3) is 0 Å². The van der Waals surface area contributed by atoms with Crippen LogP contribution in [0.1, 0.15) is 12.5 Å². The number of hydrogen-bond donors (Lipinski definition) is 1. The number of halogens is 1. The average molecular weight is 244 g/mol.